The van der Waals surface area contributed by atoms with Crippen LogP contribution in [0.4, 0.5) is 8.78 Å². The predicted octanol–water partition coefficient (Wildman–Crippen LogP) is 1.32. The molecule has 1 atom stereocenters. The monoisotopic (exact) mass is 434 g/mol. The summed E-state index contributed by atoms with van der Waals surface area (Å²) >= 11 is 5.74. The number of halogens is 3. The van der Waals surface area contributed by atoms with E-state index in [-0.39, 0.29) is 35.9 Å². The van der Waals surface area contributed by atoms with Crippen LogP contribution in [0.25, 0.3) is 0 Å². The predicted molar refractivity (Wildman–Crippen MR) is 118 cm³/mol. The summed E-state index contributed by atoms with van der Waals surface area (Å²) in [5.74, 6) is -1.07. The first-order valence-electron chi connectivity index (χ1n) is 9.48. The van der Waals surface area contributed by atoms with Gasteiger partial charge >= 0.3 is 0 Å². The van der Waals surface area contributed by atoms with Crippen molar-refractivity contribution in [3.05, 3.63) is 58.4 Å². The quantitative estimate of drug-likeness (QED) is 0.722. The van der Waals surface area contributed by atoms with Gasteiger partial charge in [0.25, 0.3) is 5.91 Å². The number of carbonyl (C=O) groups excluding carboxylic acids is 1. The standard InChI is InChI=1S/C19H17B4ClF2N4O/c1-11-7-27-16(28-8-11)19(22,23)29-9-17(26)4-5-30(10-18(17,20)21)15(31)12-2-3-14(25)13(24)6-12/h2-3,6-8,29H,4-5,9-10H2,1H3. The molecule has 0 bridgehead atoms. The molecule has 2 heterocycles. The Morgan fingerprint density at radius 1 is 1.32 bits per heavy atom. The average molecular weight is 434 g/mol. The van der Waals surface area contributed by atoms with Gasteiger partial charge in [0.2, 0.25) is 0 Å². The maximum absolute atomic E-state index is 15.7. The Kier molecular flexibility index (Phi) is 6.59. The molecule has 3 rings (SSSR count). The van der Waals surface area contributed by atoms with Gasteiger partial charge in [0.05, 0.1) is 36.4 Å². The van der Waals surface area contributed by atoms with E-state index in [2.05, 4.69) is 15.3 Å². The number of nitrogens with zero attached hydrogens (tertiary/aromatic N) is 3. The number of carbonyl (C=O) groups is 1. The van der Waals surface area contributed by atoms with Crippen LogP contribution >= 0.6 is 11.6 Å². The fourth-order valence-corrected chi connectivity index (χ4v) is 3.47. The van der Waals surface area contributed by atoms with Crippen molar-refractivity contribution in [3.8, 4) is 0 Å². The molecule has 1 aliphatic heterocycles. The zero-order valence-corrected chi connectivity index (χ0v) is 17.7. The highest BCUT2D eigenvalue weighted by Crippen LogP contribution is 2.43. The first kappa shape index (κ1) is 23.8. The second-order valence-corrected chi connectivity index (χ2v) is 8.33. The van der Waals surface area contributed by atoms with Crippen LogP contribution in [0.3, 0.4) is 0 Å². The van der Waals surface area contributed by atoms with Crippen molar-refractivity contribution in [1.82, 2.24) is 20.2 Å². The molecule has 1 aliphatic rings. The molecular weight excluding hydrogens is 417 g/mol. The Bertz CT molecular complexity index is 980. The molecule has 1 saturated heterocycles. The van der Waals surface area contributed by atoms with Crippen LogP contribution in [-0.4, -0.2) is 77.5 Å². The van der Waals surface area contributed by atoms with Gasteiger partial charge in [0, 0.05) is 42.9 Å². The number of nitrogens with one attached hydrogen (secondary N) is 1. The van der Waals surface area contributed by atoms with Crippen LogP contribution in [0.5, 0.6) is 0 Å². The number of aromatic nitrogens is 2. The van der Waals surface area contributed by atoms with E-state index in [4.69, 9.17) is 43.0 Å². The number of alkyl halides is 1. The van der Waals surface area contributed by atoms with Crippen molar-refractivity contribution in [1.29, 1.82) is 0 Å². The van der Waals surface area contributed by atoms with Crippen LogP contribution in [0.2, 0.25) is 10.2 Å². The average Bonchev–Trinajstić information content (AvgIpc) is 2.70. The third-order valence-electron chi connectivity index (χ3n) is 5.33. The number of amides is 1. The third kappa shape index (κ3) is 4.98. The van der Waals surface area contributed by atoms with Crippen LogP contribution in [0.1, 0.15) is 28.2 Å². The van der Waals surface area contributed by atoms with Crippen LogP contribution < -0.4 is 5.32 Å². The Balaban J connectivity index is 1.70. The van der Waals surface area contributed by atoms with E-state index in [0.29, 0.717) is 0 Å². The summed E-state index contributed by atoms with van der Waals surface area (Å²) in [6.07, 6.45) is 2.88. The Labute approximate surface area is 190 Å². The van der Waals surface area contributed by atoms with E-state index in [9.17, 15) is 9.18 Å². The maximum Gasteiger partial charge on any atom is 0.253 e. The number of hydrogen-bond donors (Lipinski definition) is 1. The number of hydrogen-bond acceptors (Lipinski definition) is 4. The van der Waals surface area contributed by atoms with E-state index in [1.165, 1.54) is 29.4 Å². The molecule has 1 unspecified atom stereocenters. The van der Waals surface area contributed by atoms with Gasteiger partial charge in [0.1, 0.15) is 17.3 Å². The normalized spacial score (nSPS) is 21.1. The van der Waals surface area contributed by atoms with Crippen LogP contribution in [-0.2, 0) is 5.34 Å². The molecule has 0 aliphatic carbocycles. The maximum atomic E-state index is 15.7. The van der Waals surface area contributed by atoms with E-state index in [1.807, 2.05) is 0 Å². The minimum absolute atomic E-state index is 0.0192. The smallest absolute Gasteiger partial charge is 0.253 e. The molecule has 0 saturated carbocycles. The minimum Gasteiger partial charge on any atom is -0.339 e. The van der Waals surface area contributed by atoms with E-state index in [1.54, 1.807) is 6.92 Å². The lowest BCUT2D eigenvalue weighted by Crippen LogP contribution is -2.61. The third-order valence-corrected chi connectivity index (χ3v) is 5.62. The molecule has 1 aromatic carbocycles. The van der Waals surface area contributed by atoms with Crippen molar-refractivity contribution in [2.45, 2.75) is 29.6 Å². The van der Waals surface area contributed by atoms with E-state index < -0.39 is 34.5 Å². The highest BCUT2D eigenvalue weighted by Gasteiger charge is 2.49. The molecule has 1 fully saturated rings. The topological polar surface area (TPSA) is 58.1 Å². The lowest BCUT2D eigenvalue weighted by Gasteiger charge is -2.50. The first-order valence-corrected chi connectivity index (χ1v) is 9.85. The fourth-order valence-electron chi connectivity index (χ4n) is 3.29. The summed E-state index contributed by atoms with van der Waals surface area (Å²) in [7, 11) is 24.2. The molecule has 1 amide bonds. The van der Waals surface area contributed by atoms with E-state index >= 15 is 4.39 Å². The van der Waals surface area contributed by atoms with Gasteiger partial charge < -0.3 is 10.2 Å². The van der Waals surface area contributed by atoms with Crippen molar-refractivity contribution in [2.24, 2.45) is 0 Å². The number of benzene rings is 1. The molecule has 2 aromatic rings. The summed E-state index contributed by atoms with van der Waals surface area (Å²) in [4.78, 5) is 22.1. The van der Waals surface area contributed by atoms with Gasteiger partial charge in [-0.3, -0.25) is 4.79 Å². The summed E-state index contributed by atoms with van der Waals surface area (Å²) in [6, 6.07) is 3.57. The summed E-state index contributed by atoms with van der Waals surface area (Å²) in [5.41, 5.74) is -1.19. The number of piperidine rings is 1. The second kappa shape index (κ2) is 8.58. The zero-order valence-electron chi connectivity index (χ0n) is 16.9. The molecule has 152 valence electrons. The van der Waals surface area contributed by atoms with Crippen molar-refractivity contribution >= 4 is 48.9 Å². The van der Waals surface area contributed by atoms with Gasteiger partial charge in [-0.15, -0.1) is 0 Å². The van der Waals surface area contributed by atoms with Gasteiger partial charge in [-0.05, 0) is 42.3 Å². The Hall–Kier alpha value is -1.86. The summed E-state index contributed by atoms with van der Waals surface area (Å²) in [6.45, 7) is 1.14. The fraction of sp³-hybridized carbons (Fsp3) is 0.421. The van der Waals surface area contributed by atoms with E-state index in [0.717, 1.165) is 11.6 Å². The highest BCUT2D eigenvalue weighted by atomic mass is 35.5. The molecule has 1 N–H and O–H groups in total. The number of likely N-dealkylation sites (tertiary alicyclic amines) is 1. The van der Waals surface area contributed by atoms with Crippen molar-refractivity contribution in [2.75, 3.05) is 19.6 Å². The highest BCUT2D eigenvalue weighted by molar-refractivity contribution is 6.41. The molecule has 1 aromatic heterocycles. The molecule has 12 heteroatoms. The van der Waals surface area contributed by atoms with Gasteiger partial charge in [-0.2, -0.15) is 0 Å². The van der Waals surface area contributed by atoms with Crippen molar-refractivity contribution in [3.63, 3.8) is 0 Å². The number of aryl methyl sites for hydroxylation is 1. The van der Waals surface area contributed by atoms with Crippen molar-refractivity contribution < 1.29 is 13.6 Å². The molecular formula is C19H17B4ClF2N4O. The number of rotatable bonds is 5. The lowest BCUT2D eigenvalue weighted by atomic mass is 9.44. The minimum atomic E-state index is -2.14. The SMILES string of the molecule is [B]C([B])(NCC1(F)CCN(C(=O)c2ccc(F)c(Cl)c2)CC1([B])[B])c1ncc(C)cn1. The second-order valence-electron chi connectivity index (χ2n) is 7.92. The van der Waals surface area contributed by atoms with Crippen LogP contribution in [0, 0.1) is 12.7 Å². The first-order chi connectivity index (χ1) is 14.3. The Morgan fingerprint density at radius 2 is 1.97 bits per heavy atom. The molecule has 8 radical (unpaired) electrons. The van der Waals surface area contributed by atoms with Gasteiger partial charge in [-0.1, -0.05) is 11.6 Å². The Morgan fingerprint density at radius 3 is 2.55 bits per heavy atom. The van der Waals surface area contributed by atoms with Gasteiger partial charge in [0.15, 0.2) is 0 Å². The molecule has 0 spiro atoms. The lowest BCUT2D eigenvalue weighted by molar-refractivity contribution is 0.0336. The van der Waals surface area contributed by atoms with Crippen LogP contribution in [0.15, 0.2) is 30.6 Å². The summed E-state index contributed by atoms with van der Waals surface area (Å²) in [5, 5.41) is -1.15. The largest absolute Gasteiger partial charge is 0.339 e. The molecule has 5 nitrogen and oxygen atoms in total. The molecule has 31 heavy (non-hydrogen) atoms. The van der Waals surface area contributed by atoms with Gasteiger partial charge in [-0.25, -0.2) is 18.7 Å². The summed E-state index contributed by atoms with van der Waals surface area (Å²) < 4.78 is 29.1. The zero-order chi connectivity index (χ0) is 23.0.